The van der Waals surface area contributed by atoms with Crippen LogP contribution in [0, 0.1) is 0 Å². The number of aromatic hydroxyl groups is 1. The van der Waals surface area contributed by atoms with Gasteiger partial charge in [0.05, 0.1) is 17.3 Å². The maximum atomic E-state index is 13.4. The molecule has 1 saturated heterocycles. The number of aliphatic hydroxyl groups is 1. The number of halogens is 6. The minimum Gasteiger partial charge on any atom is -0.506 e. The SMILES string of the molecule is CC(Cc1cccc(NC(=O)c2cccc(N(C)C(=O)CCN3CCC(OC(=O)Nc4ccccc4-c4ccccc4)CC3)c2)c1)NC[C@H](O)c1ccc(O)c2[nH]c(=O)ccc12.O=C(O)C(F)(F)F.O=C(O)C(F)(F)F. The highest BCUT2D eigenvalue weighted by Gasteiger charge is 2.39. The number of amides is 3. The van der Waals surface area contributed by atoms with Crippen molar-refractivity contribution < 1.29 is 75.5 Å². The van der Waals surface area contributed by atoms with Gasteiger partial charge < -0.3 is 50.6 Å². The Balaban J connectivity index is 0.000000671. The number of nitrogens with zero attached hydrogens (tertiary/aromatic N) is 2. The maximum absolute atomic E-state index is 13.4. The molecule has 0 radical (unpaired) electrons. The summed E-state index contributed by atoms with van der Waals surface area (Å²) in [5, 5.41) is 45.2. The third kappa shape index (κ3) is 17.7. The number of hydrogen-bond donors (Lipinski definition) is 8. The van der Waals surface area contributed by atoms with Crippen LogP contribution < -0.4 is 26.4 Å². The predicted molar refractivity (Wildman–Crippen MR) is 270 cm³/mol. The molecule has 2 atom stereocenters. The Labute approximate surface area is 430 Å². The first kappa shape index (κ1) is 58.6. The van der Waals surface area contributed by atoms with Gasteiger partial charge in [-0.3, -0.25) is 19.7 Å². The van der Waals surface area contributed by atoms with E-state index in [0.717, 1.165) is 16.7 Å². The normalized spacial score (nSPS) is 13.6. The smallest absolute Gasteiger partial charge is 0.490 e. The van der Waals surface area contributed by atoms with Crippen molar-refractivity contribution >= 4 is 57.8 Å². The number of aliphatic hydroxyl groups excluding tert-OH is 1. The number of fused-ring (bicyclic) bond motifs is 1. The number of aliphatic carboxylic acids is 2. The van der Waals surface area contributed by atoms with Crippen molar-refractivity contribution in [2.24, 2.45) is 0 Å². The van der Waals surface area contributed by atoms with Crippen LogP contribution in [-0.2, 0) is 25.5 Å². The summed E-state index contributed by atoms with van der Waals surface area (Å²) < 4.78 is 69.3. The van der Waals surface area contributed by atoms with Crippen LogP contribution in [0.4, 0.5) is 48.2 Å². The average molecular weight is 1070 g/mol. The molecule has 1 aromatic heterocycles. The number of aromatic nitrogens is 1. The highest BCUT2D eigenvalue weighted by atomic mass is 19.4. The van der Waals surface area contributed by atoms with Crippen LogP contribution in [0.1, 0.15) is 53.8 Å². The molecular weight excluding hydrogens is 1010 g/mol. The molecule has 1 unspecified atom stereocenters. The highest BCUT2D eigenvalue weighted by Crippen LogP contribution is 2.30. The van der Waals surface area contributed by atoms with Crippen LogP contribution in [0.3, 0.4) is 0 Å². The Kier molecular flexibility index (Phi) is 20.7. The van der Waals surface area contributed by atoms with E-state index in [1.807, 2.05) is 85.8 Å². The Hall–Kier alpha value is -8.28. The first-order valence-electron chi connectivity index (χ1n) is 23.4. The largest absolute Gasteiger partial charge is 0.506 e. The molecule has 0 spiro atoms. The summed E-state index contributed by atoms with van der Waals surface area (Å²) in [4.78, 5) is 75.5. The average Bonchev–Trinajstić information content (AvgIpc) is 3.38. The van der Waals surface area contributed by atoms with E-state index in [1.165, 1.54) is 12.1 Å². The molecule has 3 amide bonds. The minimum atomic E-state index is -5.08. The Bertz CT molecular complexity index is 3000. The van der Waals surface area contributed by atoms with Crippen LogP contribution in [0.25, 0.3) is 22.0 Å². The van der Waals surface area contributed by atoms with Crippen molar-refractivity contribution in [1.29, 1.82) is 0 Å². The number of piperidine rings is 1. The third-order valence-corrected chi connectivity index (χ3v) is 11.7. The second kappa shape index (κ2) is 26.8. The molecule has 8 N–H and O–H groups in total. The third-order valence-electron chi connectivity index (χ3n) is 11.7. The Morgan fingerprint density at radius 2 is 1.42 bits per heavy atom. The first-order valence-corrected chi connectivity index (χ1v) is 23.4. The molecule has 0 bridgehead atoms. The lowest BCUT2D eigenvalue weighted by atomic mass is 10.0. The van der Waals surface area contributed by atoms with E-state index in [-0.39, 0.29) is 47.3 Å². The van der Waals surface area contributed by atoms with Crippen LogP contribution in [0.15, 0.2) is 132 Å². The summed E-state index contributed by atoms with van der Waals surface area (Å²) in [7, 11) is 1.71. The molecule has 0 aliphatic carbocycles. The van der Waals surface area contributed by atoms with Gasteiger partial charge >= 0.3 is 30.4 Å². The summed E-state index contributed by atoms with van der Waals surface area (Å²) in [6, 6.07) is 38.1. The molecule has 1 aliphatic heterocycles. The zero-order valence-electron chi connectivity index (χ0n) is 40.8. The number of benzene rings is 5. The molecule has 17 nitrogen and oxygen atoms in total. The van der Waals surface area contributed by atoms with Crippen LogP contribution in [-0.4, -0.2) is 118 Å². The van der Waals surface area contributed by atoms with E-state index in [0.29, 0.717) is 78.9 Å². The number of nitrogens with one attached hydrogen (secondary N) is 4. The van der Waals surface area contributed by atoms with Gasteiger partial charge in [-0.2, -0.15) is 26.3 Å². The number of anilines is 3. The second-order valence-electron chi connectivity index (χ2n) is 17.3. The number of H-pyrrole nitrogens is 1. The van der Waals surface area contributed by atoms with Gasteiger partial charge in [-0.05, 0) is 91.4 Å². The van der Waals surface area contributed by atoms with Crippen molar-refractivity contribution in [3.8, 4) is 16.9 Å². The number of para-hydroxylation sites is 1. The molecular formula is C53H54F6N6O11. The van der Waals surface area contributed by atoms with E-state index in [1.54, 1.807) is 48.3 Å². The Morgan fingerprint density at radius 3 is 2.08 bits per heavy atom. The molecule has 1 aliphatic rings. The number of rotatable bonds is 15. The number of ether oxygens (including phenoxy) is 1. The van der Waals surface area contributed by atoms with Crippen LogP contribution in [0.5, 0.6) is 5.75 Å². The number of carbonyl (C=O) groups is 5. The van der Waals surface area contributed by atoms with Crippen molar-refractivity contribution in [2.45, 2.75) is 63.2 Å². The van der Waals surface area contributed by atoms with Crippen molar-refractivity contribution in [2.75, 3.05) is 48.8 Å². The number of phenolic OH excluding ortho intramolecular Hbond substituents is 1. The number of hydrogen-bond acceptors (Lipinski definition) is 11. The molecule has 1 fully saturated rings. The standard InChI is InChI=1S/C49H52N6O7.2C2HF3O2/c1-32(50-31-44(57)40-18-20-43(56)47-41(40)19-21-45(58)53-47)28-33-10-8-14-36(29-33)51-48(60)35-13-9-15-37(30-35)54(2)46(59)24-27-55-25-22-38(23-26-55)62-49(61)52-42-17-7-6-16-39(42)34-11-4-3-5-12-34;2*3-2(4,5)1(6)7/h3-21,29-30,32,38,44,50,56-57H,22-28,31H2,1-2H3,(H,51,60)(H,52,61)(H,53,58);2*(H,6,7)/t32?,44-;;/m0../s1. The fourth-order valence-electron chi connectivity index (χ4n) is 7.80. The van der Waals surface area contributed by atoms with E-state index in [4.69, 9.17) is 24.5 Å². The van der Waals surface area contributed by atoms with Gasteiger partial charge in [-0.15, -0.1) is 0 Å². The van der Waals surface area contributed by atoms with E-state index >= 15 is 0 Å². The number of carbonyl (C=O) groups excluding carboxylic acids is 3. The minimum absolute atomic E-state index is 0.0302. The summed E-state index contributed by atoms with van der Waals surface area (Å²) in [5.74, 6) is -5.96. The molecule has 5 aromatic carbocycles. The summed E-state index contributed by atoms with van der Waals surface area (Å²) >= 11 is 0. The zero-order valence-corrected chi connectivity index (χ0v) is 40.8. The first-order chi connectivity index (χ1) is 35.9. The second-order valence-corrected chi connectivity index (χ2v) is 17.3. The van der Waals surface area contributed by atoms with Gasteiger partial charge in [-0.25, -0.2) is 14.4 Å². The van der Waals surface area contributed by atoms with Crippen LogP contribution >= 0.6 is 0 Å². The number of aromatic amines is 1. The quantitative estimate of drug-likeness (QED) is 0.0449. The topological polar surface area (TPSA) is 251 Å². The lowest BCUT2D eigenvalue weighted by Gasteiger charge is -2.31. The summed E-state index contributed by atoms with van der Waals surface area (Å²) in [6.07, 6.45) is -9.49. The lowest BCUT2D eigenvalue weighted by Crippen LogP contribution is -2.40. The summed E-state index contributed by atoms with van der Waals surface area (Å²) in [6.45, 7) is 4.22. The van der Waals surface area contributed by atoms with E-state index in [2.05, 4.69) is 25.8 Å². The number of likely N-dealkylation sites (tertiary alicyclic amines) is 1. The Morgan fingerprint density at radius 1 is 0.789 bits per heavy atom. The number of carboxylic acids is 2. The fraction of sp³-hybridized carbons (Fsp3) is 0.283. The number of alkyl halides is 6. The monoisotopic (exact) mass is 1060 g/mol. The van der Waals surface area contributed by atoms with Gasteiger partial charge in [0.25, 0.3) is 5.91 Å². The van der Waals surface area contributed by atoms with Crippen molar-refractivity contribution in [1.82, 2.24) is 15.2 Å². The maximum Gasteiger partial charge on any atom is 0.490 e. The highest BCUT2D eigenvalue weighted by molar-refractivity contribution is 6.05. The molecule has 404 valence electrons. The number of phenols is 1. The molecule has 6 aromatic rings. The molecule has 2 heterocycles. The lowest BCUT2D eigenvalue weighted by molar-refractivity contribution is -0.193. The van der Waals surface area contributed by atoms with E-state index < -0.39 is 36.5 Å². The van der Waals surface area contributed by atoms with Crippen LogP contribution in [0.2, 0.25) is 0 Å². The predicted octanol–water partition coefficient (Wildman–Crippen LogP) is 8.74. The van der Waals surface area contributed by atoms with Gasteiger partial charge in [0.15, 0.2) is 0 Å². The fourth-order valence-corrected chi connectivity index (χ4v) is 7.80. The van der Waals surface area contributed by atoms with Crippen molar-refractivity contribution in [3.05, 3.63) is 154 Å². The zero-order chi connectivity index (χ0) is 55.7. The molecule has 23 heteroatoms. The number of carboxylic acid groups (broad SMARTS) is 2. The van der Waals surface area contributed by atoms with E-state index in [9.17, 15) is 55.7 Å². The number of pyridine rings is 1. The van der Waals surface area contributed by atoms with Crippen molar-refractivity contribution in [3.63, 3.8) is 0 Å². The van der Waals surface area contributed by atoms with Gasteiger partial charge in [-0.1, -0.05) is 72.8 Å². The molecule has 76 heavy (non-hydrogen) atoms. The summed E-state index contributed by atoms with van der Waals surface area (Å²) in [5.41, 5.74) is 5.77. The van der Waals surface area contributed by atoms with Gasteiger partial charge in [0, 0.05) is 79.6 Å². The molecule has 0 saturated carbocycles. The molecule has 7 rings (SSSR count). The van der Waals surface area contributed by atoms with Gasteiger partial charge in [0.2, 0.25) is 11.5 Å². The van der Waals surface area contributed by atoms with Gasteiger partial charge in [0.1, 0.15) is 11.9 Å².